The minimum absolute atomic E-state index is 0.369. The molecule has 0 aliphatic heterocycles. The van der Waals surface area contributed by atoms with Gasteiger partial charge >= 0.3 is 0 Å². The van der Waals surface area contributed by atoms with E-state index in [4.69, 9.17) is 0 Å². The monoisotopic (exact) mass is 278 g/mol. The average molecular weight is 278 g/mol. The SMILES string of the molecule is CCCC(C)(CNC1CC1)CN(C)Cc1cnn(C)c1. The zero-order valence-electron chi connectivity index (χ0n) is 13.5. The summed E-state index contributed by atoms with van der Waals surface area (Å²) in [6.45, 7) is 7.97. The smallest absolute Gasteiger partial charge is 0.0534 e. The van der Waals surface area contributed by atoms with E-state index in [9.17, 15) is 0 Å². The van der Waals surface area contributed by atoms with Crippen LogP contribution in [0.3, 0.4) is 0 Å². The van der Waals surface area contributed by atoms with Crippen molar-refractivity contribution in [1.29, 1.82) is 0 Å². The van der Waals surface area contributed by atoms with E-state index in [1.165, 1.54) is 31.2 Å². The molecule has 0 saturated heterocycles. The molecule has 4 heteroatoms. The maximum atomic E-state index is 4.25. The Labute approximate surface area is 123 Å². The van der Waals surface area contributed by atoms with Crippen molar-refractivity contribution in [1.82, 2.24) is 20.0 Å². The molecule has 114 valence electrons. The molecule has 1 heterocycles. The van der Waals surface area contributed by atoms with Gasteiger partial charge in [0, 0.05) is 44.5 Å². The van der Waals surface area contributed by atoms with Gasteiger partial charge in [-0.05, 0) is 31.7 Å². The maximum Gasteiger partial charge on any atom is 0.0534 e. The van der Waals surface area contributed by atoms with Gasteiger partial charge in [0.15, 0.2) is 0 Å². The number of nitrogens with zero attached hydrogens (tertiary/aromatic N) is 3. The molecule has 0 spiro atoms. The predicted octanol–water partition coefficient (Wildman–Crippen LogP) is 2.41. The normalized spacial score (nSPS) is 18.4. The minimum Gasteiger partial charge on any atom is -0.313 e. The molecular formula is C16H30N4. The third-order valence-electron chi connectivity index (χ3n) is 4.11. The summed E-state index contributed by atoms with van der Waals surface area (Å²) >= 11 is 0. The van der Waals surface area contributed by atoms with Crippen molar-refractivity contribution in [3.8, 4) is 0 Å². The van der Waals surface area contributed by atoms with Crippen LogP contribution in [0.2, 0.25) is 0 Å². The van der Waals surface area contributed by atoms with E-state index in [0.717, 1.165) is 25.7 Å². The quantitative estimate of drug-likeness (QED) is 0.753. The Morgan fingerprint density at radius 2 is 2.25 bits per heavy atom. The highest BCUT2D eigenvalue weighted by Crippen LogP contribution is 2.27. The van der Waals surface area contributed by atoms with Crippen LogP contribution < -0.4 is 5.32 Å². The lowest BCUT2D eigenvalue weighted by Gasteiger charge is -2.34. The summed E-state index contributed by atoms with van der Waals surface area (Å²) < 4.78 is 1.88. The largest absolute Gasteiger partial charge is 0.313 e. The van der Waals surface area contributed by atoms with Gasteiger partial charge in [-0.15, -0.1) is 0 Å². The molecule has 0 aromatic carbocycles. The fourth-order valence-electron chi connectivity index (χ4n) is 3.08. The van der Waals surface area contributed by atoms with E-state index in [1.54, 1.807) is 0 Å². The van der Waals surface area contributed by atoms with E-state index in [0.29, 0.717) is 5.41 Å². The Bertz CT molecular complexity index is 410. The third kappa shape index (κ3) is 4.91. The first kappa shape index (κ1) is 15.5. The molecular weight excluding hydrogens is 248 g/mol. The summed E-state index contributed by atoms with van der Waals surface area (Å²) in [5.41, 5.74) is 1.66. The first-order valence-corrected chi connectivity index (χ1v) is 7.90. The molecule has 1 aliphatic carbocycles. The Kier molecular flexibility index (Phi) is 5.22. The van der Waals surface area contributed by atoms with Crippen molar-refractivity contribution in [2.24, 2.45) is 12.5 Å². The fraction of sp³-hybridized carbons (Fsp3) is 0.812. The van der Waals surface area contributed by atoms with Crippen molar-refractivity contribution in [3.63, 3.8) is 0 Å². The highest BCUT2D eigenvalue weighted by molar-refractivity contribution is 5.03. The average Bonchev–Trinajstić information content (AvgIpc) is 3.11. The summed E-state index contributed by atoms with van der Waals surface area (Å²) in [5.74, 6) is 0. The van der Waals surface area contributed by atoms with Crippen LogP contribution in [-0.2, 0) is 13.6 Å². The molecule has 1 saturated carbocycles. The number of aromatic nitrogens is 2. The molecule has 1 aromatic rings. The van der Waals surface area contributed by atoms with Gasteiger partial charge in [0.1, 0.15) is 0 Å². The Balaban J connectivity index is 1.84. The zero-order chi connectivity index (χ0) is 14.6. The summed E-state index contributed by atoms with van der Waals surface area (Å²) in [7, 11) is 4.20. The van der Waals surface area contributed by atoms with Gasteiger partial charge in [-0.3, -0.25) is 4.68 Å². The molecule has 1 aromatic heterocycles. The van der Waals surface area contributed by atoms with Crippen molar-refractivity contribution >= 4 is 0 Å². The lowest BCUT2D eigenvalue weighted by atomic mass is 9.84. The second kappa shape index (κ2) is 6.72. The second-order valence-corrected chi connectivity index (χ2v) is 6.91. The van der Waals surface area contributed by atoms with Crippen molar-refractivity contribution < 1.29 is 0 Å². The van der Waals surface area contributed by atoms with Gasteiger partial charge in [0.2, 0.25) is 0 Å². The molecule has 0 bridgehead atoms. The highest BCUT2D eigenvalue weighted by atomic mass is 15.2. The Hall–Kier alpha value is -0.870. The molecule has 20 heavy (non-hydrogen) atoms. The van der Waals surface area contributed by atoms with Gasteiger partial charge in [0.05, 0.1) is 6.20 Å². The van der Waals surface area contributed by atoms with Gasteiger partial charge in [-0.2, -0.15) is 5.10 Å². The van der Waals surface area contributed by atoms with Crippen LogP contribution in [0, 0.1) is 5.41 Å². The van der Waals surface area contributed by atoms with Gasteiger partial charge in [0.25, 0.3) is 0 Å². The van der Waals surface area contributed by atoms with E-state index >= 15 is 0 Å². The third-order valence-corrected chi connectivity index (χ3v) is 4.11. The number of hydrogen-bond donors (Lipinski definition) is 1. The van der Waals surface area contributed by atoms with Crippen LogP contribution in [0.1, 0.15) is 45.1 Å². The lowest BCUT2D eigenvalue weighted by molar-refractivity contribution is 0.167. The van der Waals surface area contributed by atoms with Crippen molar-refractivity contribution in [2.75, 3.05) is 20.1 Å². The standard InChI is InChI=1S/C16H30N4/c1-5-8-16(2,12-17-15-6-7-15)13-19(3)10-14-9-18-20(4)11-14/h9,11,15,17H,5-8,10,12-13H2,1-4H3. The second-order valence-electron chi connectivity index (χ2n) is 6.91. The molecule has 1 unspecified atom stereocenters. The van der Waals surface area contributed by atoms with E-state index in [-0.39, 0.29) is 0 Å². The Morgan fingerprint density at radius 3 is 2.80 bits per heavy atom. The van der Waals surface area contributed by atoms with E-state index in [2.05, 4.69) is 42.4 Å². The predicted molar refractivity (Wildman–Crippen MR) is 83.6 cm³/mol. The summed E-state index contributed by atoms with van der Waals surface area (Å²) in [6, 6.07) is 0.801. The minimum atomic E-state index is 0.369. The van der Waals surface area contributed by atoms with Gasteiger partial charge in [-0.25, -0.2) is 0 Å². The van der Waals surface area contributed by atoms with Crippen molar-refractivity contribution in [2.45, 2.75) is 52.1 Å². The summed E-state index contributed by atoms with van der Waals surface area (Å²) in [6.07, 6.45) is 9.35. The van der Waals surface area contributed by atoms with Gasteiger partial charge in [-0.1, -0.05) is 20.3 Å². The van der Waals surface area contributed by atoms with Crippen LogP contribution in [0.15, 0.2) is 12.4 Å². The molecule has 2 rings (SSSR count). The zero-order valence-corrected chi connectivity index (χ0v) is 13.5. The summed E-state index contributed by atoms with van der Waals surface area (Å²) in [5, 5.41) is 7.96. The molecule has 0 radical (unpaired) electrons. The van der Waals surface area contributed by atoms with Crippen LogP contribution in [-0.4, -0.2) is 40.9 Å². The van der Waals surface area contributed by atoms with Crippen LogP contribution in [0.5, 0.6) is 0 Å². The van der Waals surface area contributed by atoms with Crippen LogP contribution in [0.25, 0.3) is 0 Å². The number of nitrogens with one attached hydrogen (secondary N) is 1. The molecule has 1 aliphatic rings. The van der Waals surface area contributed by atoms with Gasteiger partial charge < -0.3 is 10.2 Å². The molecule has 1 fully saturated rings. The first-order valence-electron chi connectivity index (χ1n) is 7.90. The molecule has 1 atom stereocenters. The van der Waals surface area contributed by atoms with Crippen LogP contribution >= 0.6 is 0 Å². The molecule has 4 nitrogen and oxygen atoms in total. The van der Waals surface area contributed by atoms with Crippen LogP contribution in [0.4, 0.5) is 0 Å². The number of hydrogen-bond acceptors (Lipinski definition) is 3. The molecule has 1 N–H and O–H groups in total. The molecule has 0 amide bonds. The van der Waals surface area contributed by atoms with E-state index in [1.807, 2.05) is 17.9 Å². The number of aryl methyl sites for hydroxylation is 1. The topological polar surface area (TPSA) is 33.1 Å². The summed E-state index contributed by atoms with van der Waals surface area (Å²) in [4.78, 5) is 2.43. The first-order chi connectivity index (χ1) is 9.50. The Morgan fingerprint density at radius 1 is 1.50 bits per heavy atom. The van der Waals surface area contributed by atoms with Crippen molar-refractivity contribution in [3.05, 3.63) is 18.0 Å². The lowest BCUT2D eigenvalue weighted by Crippen LogP contribution is -2.41. The maximum absolute atomic E-state index is 4.25. The highest BCUT2D eigenvalue weighted by Gasteiger charge is 2.29. The number of rotatable bonds is 9. The fourth-order valence-corrected chi connectivity index (χ4v) is 3.08. The van der Waals surface area contributed by atoms with E-state index < -0.39 is 0 Å².